The lowest BCUT2D eigenvalue weighted by atomic mass is 10.3. The Bertz CT molecular complexity index is 465. The maximum absolute atomic E-state index is 11.1. The average molecular weight is 290 g/mol. The van der Waals surface area contributed by atoms with Gasteiger partial charge in [-0.05, 0) is 6.42 Å². The summed E-state index contributed by atoms with van der Waals surface area (Å²) in [5, 5.41) is 3.67. The maximum atomic E-state index is 11.1. The van der Waals surface area contributed by atoms with Crippen LogP contribution in [-0.4, -0.2) is 43.6 Å². The summed E-state index contributed by atoms with van der Waals surface area (Å²) >= 11 is 7.07. The minimum Gasteiger partial charge on any atom is -0.453 e. The fourth-order valence-corrected chi connectivity index (χ4v) is 2.88. The van der Waals surface area contributed by atoms with E-state index >= 15 is 0 Å². The summed E-state index contributed by atoms with van der Waals surface area (Å²) in [6.07, 6.45) is 1.07. The summed E-state index contributed by atoms with van der Waals surface area (Å²) in [5.41, 5.74) is 0. The van der Waals surface area contributed by atoms with E-state index < -0.39 is 6.09 Å². The minimum absolute atomic E-state index is 0.0276. The van der Waals surface area contributed by atoms with Crippen molar-refractivity contribution < 1.29 is 14.3 Å². The molecule has 2 heterocycles. The summed E-state index contributed by atoms with van der Waals surface area (Å²) < 4.78 is 4.54. The number of carbonyl (C=O) groups excluding carboxylic acids is 2. The fraction of sp³-hybridized carbons (Fsp3) is 0.500. The number of carbonyl (C=O) groups is 2. The van der Waals surface area contributed by atoms with Crippen LogP contribution in [-0.2, 0) is 4.74 Å². The largest absolute Gasteiger partial charge is 0.453 e. The third-order valence-electron chi connectivity index (χ3n) is 2.67. The van der Waals surface area contributed by atoms with Crippen molar-refractivity contribution in [3.05, 3.63) is 10.0 Å². The molecule has 1 aliphatic rings. The highest BCUT2D eigenvalue weighted by molar-refractivity contribution is 7.17. The smallest absolute Gasteiger partial charge is 0.407 e. The molecule has 8 heteroatoms. The zero-order chi connectivity index (χ0) is 13.1. The van der Waals surface area contributed by atoms with Gasteiger partial charge in [-0.25, -0.2) is 9.78 Å². The van der Waals surface area contributed by atoms with E-state index in [-0.39, 0.29) is 11.2 Å². The number of anilines is 1. The van der Waals surface area contributed by atoms with Crippen LogP contribution in [0.2, 0.25) is 5.15 Å². The van der Waals surface area contributed by atoms with Crippen molar-refractivity contribution >= 4 is 40.4 Å². The van der Waals surface area contributed by atoms with E-state index in [9.17, 15) is 9.59 Å². The van der Waals surface area contributed by atoms with Crippen LogP contribution in [0.4, 0.5) is 9.93 Å². The standard InChI is InChI=1S/C10H12ClN3O3S/c1-17-10(16)12-6-2-3-14(4-6)9-13-8(11)7(5-15)18-9/h5-6H,2-4H2,1H3,(H,12,16). The van der Waals surface area contributed by atoms with Gasteiger partial charge in [0.25, 0.3) is 0 Å². The molecule has 0 spiro atoms. The van der Waals surface area contributed by atoms with E-state index in [4.69, 9.17) is 11.6 Å². The third kappa shape index (κ3) is 2.73. The molecule has 98 valence electrons. The molecule has 6 nitrogen and oxygen atoms in total. The molecule has 1 amide bonds. The monoisotopic (exact) mass is 289 g/mol. The van der Waals surface area contributed by atoms with Crippen molar-refractivity contribution in [1.82, 2.24) is 10.3 Å². The number of thiazole rings is 1. The molecule has 1 aromatic heterocycles. The Hall–Kier alpha value is -1.34. The normalized spacial score (nSPS) is 18.8. The second kappa shape index (κ2) is 5.53. The summed E-state index contributed by atoms with van der Waals surface area (Å²) in [5.74, 6) is 0. The summed E-state index contributed by atoms with van der Waals surface area (Å²) in [4.78, 5) is 28.3. The zero-order valence-corrected chi connectivity index (χ0v) is 11.3. The Labute approximate surface area is 113 Å². The number of ether oxygens (including phenoxy) is 1. The molecule has 0 radical (unpaired) electrons. The highest BCUT2D eigenvalue weighted by Crippen LogP contribution is 2.30. The molecule has 0 aromatic carbocycles. The average Bonchev–Trinajstić information content (AvgIpc) is 2.95. The number of methoxy groups -OCH3 is 1. The molecule has 1 N–H and O–H groups in total. The highest BCUT2D eigenvalue weighted by atomic mass is 35.5. The minimum atomic E-state index is -0.437. The molecular formula is C10H12ClN3O3S. The first kappa shape index (κ1) is 13.1. The summed E-state index contributed by atoms with van der Waals surface area (Å²) in [6.45, 7) is 1.40. The van der Waals surface area contributed by atoms with Crippen LogP contribution in [0.25, 0.3) is 0 Å². The van der Waals surface area contributed by atoms with Gasteiger partial charge in [-0.1, -0.05) is 22.9 Å². The Morgan fingerprint density at radius 2 is 2.50 bits per heavy atom. The Kier molecular flexibility index (Phi) is 4.03. The van der Waals surface area contributed by atoms with Crippen LogP contribution in [0.15, 0.2) is 0 Å². The van der Waals surface area contributed by atoms with Crippen LogP contribution in [0, 0.1) is 0 Å². The lowest BCUT2D eigenvalue weighted by Gasteiger charge is -2.15. The van der Waals surface area contributed by atoms with Gasteiger partial charge in [0.05, 0.1) is 13.2 Å². The predicted molar refractivity (Wildman–Crippen MR) is 68.7 cm³/mol. The van der Waals surface area contributed by atoms with E-state index in [0.29, 0.717) is 22.8 Å². The number of rotatable bonds is 3. The van der Waals surface area contributed by atoms with Gasteiger partial charge in [-0.15, -0.1) is 0 Å². The molecule has 2 rings (SSSR count). The lowest BCUT2D eigenvalue weighted by molar-refractivity contribution is 0.112. The van der Waals surface area contributed by atoms with Gasteiger partial charge in [0.15, 0.2) is 16.6 Å². The van der Waals surface area contributed by atoms with Gasteiger partial charge >= 0.3 is 6.09 Å². The fourth-order valence-electron chi connectivity index (χ4n) is 1.79. The van der Waals surface area contributed by atoms with Crippen molar-refractivity contribution in [3.8, 4) is 0 Å². The molecule has 1 atom stereocenters. The quantitative estimate of drug-likeness (QED) is 0.855. The molecule has 0 saturated carbocycles. The molecule has 0 bridgehead atoms. The van der Waals surface area contributed by atoms with Gasteiger partial charge < -0.3 is 15.0 Å². The van der Waals surface area contributed by atoms with E-state index in [0.717, 1.165) is 13.0 Å². The van der Waals surface area contributed by atoms with Crippen molar-refractivity contribution in [2.75, 3.05) is 25.1 Å². The van der Waals surface area contributed by atoms with Crippen molar-refractivity contribution in [2.45, 2.75) is 12.5 Å². The number of aromatic nitrogens is 1. The first-order chi connectivity index (χ1) is 8.63. The molecule has 1 aromatic rings. The van der Waals surface area contributed by atoms with E-state index in [1.54, 1.807) is 0 Å². The summed E-state index contributed by atoms with van der Waals surface area (Å²) in [7, 11) is 1.33. The van der Waals surface area contributed by atoms with Crippen molar-refractivity contribution in [2.24, 2.45) is 0 Å². The van der Waals surface area contributed by atoms with Crippen molar-refractivity contribution in [3.63, 3.8) is 0 Å². The molecule has 0 aliphatic carbocycles. The Morgan fingerprint density at radius 1 is 1.72 bits per heavy atom. The first-order valence-corrected chi connectivity index (χ1v) is 6.54. The Morgan fingerprint density at radius 3 is 3.11 bits per heavy atom. The predicted octanol–water partition coefficient (Wildman–Crippen LogP) is 1.54. The van der Waals surface area contributed by atoms with Crippen LogP contribution < -0.4 is 10.2 Å². The van der Waals surface area contributed by atoms with Gasteiger partial charge in [-0.3, -0.25) is 4.79 Å². The molecule has 1 unspecified atom stereocenters. The second-order valence-electron chi connectivity index (χ2n) is 3.84. The topological polar surface area (TPSA) is 71.5 Å². The van der Waals surface area contributed by atoms with Gasteiger partial charge in [0.2, 0.25) is 0 Å². The maximum Gasteiger partial charge on any atom is 0.407 e. The number of amides is 1. The number of hydrogen-bond donors (Lipinski definition) is 1. The summed E-state index contributed by atoms with van der Waals surface area (Å²) in [6, 6.07) is 0.0276. The van der Waals surface area contributed by atoms with Gasteiger partial charge in [0, 0.05) is 13.1 Å². The van der Waals surface area contributed by atoms with Crippen LogP contribution in [0.3, 0.4) is 0 Å². The van der Waals surface area contributed by atoms with Gasteiger partial charge in [0.1, 0.15) is 4.88 Å². The molecule has 18 heavy (non-hydrogen) atoms. The number of nitrogens with one attached hydrogen (secondary N) is 1. The molecule has 1 fully saturated rings. The number of halogens is 1. The van der Waals surface area contributed by atoms with E-state index in [1.807, 2.05) is 4.90 Å². The molecule has 1 saturated heterocycles. The highest BCUT2D eigenvalue weighted by Gasteiger charge is 2.26. The van der Waals surface area contributed by atoms with Crippen LogP contribution >= 0.6 is 22.9 Å². The van der Waals surface area contributed by atoms with Crippen LogP contribution in [0.5, 0.6) is 0 Å². The number of aldehydes is 1. The van der Waals surface area contributed by atoms with E-state index in [2.05, 4.69) is 15.0 Å². The molecule has 1 aliphatic heterocycles. The third-order valence-corrected chi connectivity index (χ3v) is 4.11. The van der Waals surface area contributed by atoms with Crippen molar-refractivity contribution in [1.29, 1.82) is 0 Å². The number of nitrogens with zero attached hydrogens (tertiary/aromatic N) is 2. The lowest BCUT2D eigenvalue weighted by Crippen LogP contribution is -2.36. The number of hydrogen-bond acceptors (Lipinski definition) is 6. The van der Waals surface area contributed by atoms with Gasteiger partial charge in [-0.2, -0.15) is 0 Å². The number of alkyl carbamates (subject to hydrolysis) is 1. The second-order valence-corrected chi connectivity index (χ2v) is 5.20. The zero-order valence-electron chi connectivity index (χ0n) is 9.68. The SMILES string of the molecule is COC(=O)NC1CCN(c2nc(Cl)c(C=O)s2)C1. The Balaban J connectivity index is 1.99. The van der Waals surface area contributed by atoms with Crippen LogP contribution in [0.1, 0.15) is 16.1 Å². The molecular weight excluding hydrogens is 278 g/mol. The first-order valence-electron chi connectivity index (χ1n) is 5.35. The van der Waals surface area contributed by atoms with E-state index in [1.165, 1.54) is 18.4 Å².